The highest BCUT2D eigenvalue weighted by molar-refractivity contribution is 4.89. The molecule has 0 aromatic carbocycles. The van der Waals surface area contributed by atoms with E-state index in [9.17, 15) is 0 Å². The molecule has 0 heterocycles. The van der Waals surface area contributed by atoms with E-state index < -0.39 is 0 Å². The third kappa shape index (κ3) is 1.76. The molecule has 0 aliphatic heterocycles. The fraction of sp³-hybridized carbons (Fsp3) is 1.00. The fourth-order valence-corrected chi connectivity index (χ4v) is 2.18. The molecule has 0 aromatic heterocycles. The Morgan fingerprint density at radius 3 is 2.27 bits per heavy atom. The smallest absolute Gasteiger partial charge is 0.0431 e. The quantitative estimate of drug-likeness (QED) is 0.663. The highest BCUT2D eigenvalue weighted by atomic mass is 16.2. The molecular formula is C10H20O. The lowest BCUT2D eigenvalue weighted by Crippen LogP contribution is -2.34. The lowest BCUT2D eigenvalue weighted by molar-refractivity contribution is 0.0487. The minimum absolute atomic E-state index is 0.370. The van der Waals surface area contributed by atoms with E-state index >= 15 is 0 Å². The highest BCUT2D eigenvalue weighted by Gasteiger charge is 2.38. The summed E-state index contributed by atoms with van der Waals surface area (Å²) in [5, 5.41) is 8.73. The molecule has 1 heteroatoms. The van der Waals surface area contributed by atoms with Gasteiger partial charge in [0.1, 0.15) is 0 Å². The molecular weight excluding hydrogens is 136 g/mol. The zero-order valence-corrected chi connectivity index (χ0v) is 7.77. The average Bonchev–Trinajstić information content (AvgIpc) is 1.85. The molecule has 1 N–H and O–H groups in total. The molecule has 0 spiro atoms. The predicted molar refractivity (Wildman–Crippen MR) is 47.4 cm³/mol. The van der Waals surface area contributed by atoms with E-state index in [2.05, 4.69) is 13.8 Å². The first-order chi connectivity index (χ1) is 5.21. The van der Waals surface area contributed by atoms with Gasteiger partial charge >= 0.3 is 0 Å². The Labute approximate surface area is 69.8 Å². The van der Waals surface area contributed by atoms with Crippen molar-refractivity contribution >= 4 is 0 Å². The average molecular weight is 156 g/mol. The van der Waals surface area contributed by atoms with Gasteiger partial charge in [0.05, 0.1) is 0 Å². The Balaban J connectivity index is 2.34. The topological polar surface area (TPSA) is 20.2 Å². The largest absolute Gasteiger partial charge is 0.396 e. The van der Waals surface area contributed by atoms with Gasteiger partial charge < -0.3 is 5.11 Å². The minimum Gasteiger partial charge on any atom is -0.396 e. The lowest BCUT2D eigenvalue weighted by atomic mass is 9.60. The molecule has 0 aromatic rings. The van der Waals surface area contributed by atoms with Crippen LogP contribution in [0.1, 0.15) is 46.0 Å². The van der Waals surface area contributed by atoms with Crippen molar-refractivity contribution in [3.05, 3.63) is 0 Å². The Kier molecular flexibility index (Phi) is 2.94. The summed E-state index contributed by atoms with van der Waals surface area (Å²) < 4.78 is 0. The zero-order valence-electron chi connectivity index (χ0n) is 7.77. The molecule has 1 nitrogen and oxygen atoms in total. The standard InChI is InChI=1S/C10H20O/c1-9(2)10(5-3-6-10)7-4-8-11/h9,11H,3-8H2,1-2H3. The second-order valence-corrected chi connectivity index (χ2v) is 4.20. The van der Waals surface area contributed by atoms with Gasteiger partial charge in [-0.3, -0.25) is 0 Å². The van der Waals surface area contributed by atoms with Crippen LogP contribution in [0.25, 0.3) is 0 Å². The first kappa shape index (κ1) is 9.05. The molecule has 1 rings (SSSR count). The number of hydrogen-bond donors (Lipinski definition) is 1. The number of rotatable bonds is 4. The van der Waals surface area contributed by atoms with Crippen LogP contribution in [0.2, 0.25) is 0 Å². The maximum atomic E-state index is 8.73. The van der Waals surface area contributed by atoms with Crippen LogP contribution in [0.5, 0.6) is 0 Å². The number of aliphatic hydroxyl groups excluding tert-OH is 1. The molecule has 0 bridgehead atoms. The van der Waals surface area contributed by atoms with Crippen LogP contribution >= 0.6 is 0 Å². The molecule has 11 heavy (non-hydrogen) atoms. The van der Waals surface area contributed by atoms with Crippen molar-refractivity contribution in [2.24, 2.45) is 11.3 Å². The third-order valence-electron chi connectivity index (χ3n) is 3.41. The molecule has 0 radical (unpaired) electrons. The minimum atomic E-state index is 0.370. The molecule has 0 saturated heterocycles. The molecule has 1 saturated carbocycles. The van der Waals surface area contributed by atoms with Gasteiger partial charge in [-0.15, -0.1) is 0 Å². The summed E-state index contributed by atoms with van der Waals surface area (Å²) in [7, 11) is 0. The Bertz CT molecular complexity index is 114. The third-order valence-corrected chi connectivity index (χ3v) is 3.41. The molecule has 0 amide bonds. The van der Waals surface area contributed by atoms with Crippen molar-refractivity contribution in [1.82, 2.24) is 0 Å². The second kappa shape index (κ2) is 3.57. The van der Waals surface area contributed by atoms with E-state index in [1.165, 1.54) is 25.7 Å². The van der Waals surface area contributed by atoms with Gasteiger partial charge in [-0.1, -0.05) is 20.3 Å². The van der Waals surface area contributed by atoms with Crippen LogP contribution in [-0.4, -0.2) is 11.7 Å². The summed E-state index contributed by atoms with van der Waals surface area (Å²) in [6.07, 6.45) is 6.43. The second-order valence-electron chi connectivity index (χ2n) is 4.20. The Hall–Kier alpha value is -0.0400. The number of hydrogen-bond acceptors (Lipinski definition) is 1. The van der Waals surface area contributed by atoms with Gasteiger partial charge in [0.25, 0.3) is 0 Å². The van der Waals surface area contributed by atoms with E-state index in [0.29, 0.717) is 12.0 Å². The maximum Gasteiger partial charge on any atom is 0.0431 e. The normalized spacial score (nSPS) is 21.8. The zero-order chi connectivity index (χ0) is 8.32. The van der Waals surface area contributed by atoms with Crippen molar-refractivity contribution in [3.8, 4) is 0 Å². The van der Waals surface area contributed by atoms with Crippen molar-refractivity contribution < 1.29 is 5.11 Å². The Morgan fingerprint density at radius 2 is 2.00 bits per heavy atom. The van der Waals surface area contributed by atoms with Crippen LogP contribution in [0.15, 0.2) is 0 Å². The van der Waals surface area contributed by atoms with Crippen molar-refractivity contribution in [2.75, 3.05) is 6.61 Å². The summed E-state index contributed by atoms with van der Waals surface area (Å²) in [5.74, 6) is 0.808. The van der Waals surface area contributed by atoms with Gasteiger partial charge in [-0.25, -0.2) is 0 Å². The van der Waals surface area contributed by atoms with Crippen LogP contribution < -0.4 is 0 Å². The van der Waals surface area contributed by atoms with E-state index in [1.54, 1.807) is 0 Å². The summed E-state index contributed by atoms with van der Waals surface area (Å²) in [6, 6.07) is 0. The molecule has 0 unspecified atom stereocenters. The van der Waals surface area contributed by atoms with Crippen LogP contribution in [-0.2, 0) is 0 Å². The van der Waals surface area contributed by atoms with Gasteiger partial charge in [-0.2, -0.15) is 0 Å². The van der Waals surface area contributed by atoms with Crippen molar-refractivity contribution in [2.45, 2.75) is 46.0 Å². The summed E-state index contributed by atoms with van der Waals surface area (Å²) in [5.41, 5.74) is 0.614. The van der Waals surface area contributed by atoms with Crippen LogP contribution in [0.3, 0.4) is 0 Å². The van der Waals surface area contributed by atoms with Gasteiger partial charge in [-0.05, 0) is 37.0 Å². The highest BCUT2D eigenvalue weighted by Crippen LogP contribution is 2.50. The SMILES string of the molecule is CC(C)C1(CCCO)CCC1. The summed E-state index contributed by atoms with van der Waals surface area (Å²) in [6.45, 7) is 5.00. The van der Waals surface area contributed by atoms with E-state index in [0.717, 1.165) is 12.3 Å². The maximum absolute atomic E-state index is 8.73. The lowest BCUT2D eigenvalue weighted by Gasteiger charge is -2.46. The van der Waals surface area contributed by atoms with Crippen molar-refractivity contribution in [1.29, 1.82) is 0 Å². The molecule has 66 valence electrons. The first-order valence-corrected chi connectivity index (χ1v) is 4.82. The van der Waals surface area contributed by atoms with Crippen LogP contribution in [0.4, 0.5) is 0 Å². The van der Waals surface area contributed by atoms with E-state index in [1.807, 2.05) is 0 Å². The van der Waals surface area contributed by atoms with Gasteiger partial charge in [0, 0.05) is 6.61 Å². The molecule has 1 aliphatic rings. The first-order valence-electron chi connectivity index (χ1n) is 4.82. The Morgan fingerprint density at radius 1 is 1.36 bits per heavy atom. The van der Waals surface area contributed by atoms with Crippen LogP contribution in [0, 0.1) is 11.3 Å². The molecule has 1 aliphatic carbocycles. The van der Waals surface area contributed by atoms with E-state index in [4.69, 9.17) is 5.11 Å². The van der Waals surface area contributed by atoms with E-state index in [-0.39, 0.29) is 0 Å². The number of aliphatic hydroxyl groups is 1. The van der Waals surface area contributed by atoms with Crippen molar-refractivity contribution in [3.63, 3.8) is 0 Å². The monoisotopic (exact) mass is 156 g/mol. The summed E-state index contributed by atoms with van der Waals surface area (Å²) >= 11 is 0. The predicted octanol–water partition coefficient (Wildman–Crippen LogP) is 2.59. The fourth-order valence-electron chi connectivity index (χ4n) is 2.18. The van der Waals surface area contributed by atoms with Gasteiger partial charge in [0.2, 0.25) is 0 Å². The van der Waals surface area contributed by atoms with Gasteiger partial charge in [0.15, 0.2) is 0 Å². The molecule has 0 atom stereocenters. The summed E-state index contributed by atoms with van der Waals surface area (Å²) in [4.78, 5) is 0. The molecule has 1 fully saturated rings.